The number of nitrogens with one attached hydrogen (secondary N) is 1. The number of methoxy groups -OCH3 is 1. The Morgan fingerprint density at radius 1 is 1.31 bits per heavy atom. The summed E-state index contributed by atoms with van der Waals surface area (Å²) in [6, 6.07) is 3.74. The Labute approximate surface area is 160 Å². The van der Waals surface area contributed by atoms with Crippen LogP contribution in [0.2, 0.25) is 0 Å². The van der Waals surface area contributed by atoms with Crippen molar-refractivity contribution in [2.24, 2.45) is 5.92 Å². The fourth-order valence-corrected chi connectivity index (χ4v) is 3.12. The summed E-state index contributed by atoms with van der Waals surface area (Å²) in [6.07, 6.45) is 7.66. The van der Waals surface area contributed by atoms with Gasteiger partial charge in [-0.2, -0.15) is 5.10 Å². The number of hydrogen-bond acceptors (Lipinski definition) is 6. The van der Waals surface area contributed by atoms with E-state index in [-0.39, 0.29) is 0 Å². The van der Waals surface area contributed by atoms with Crippen LogP contribution in [-0.4, -0.2) is 31.8 Å². The average Bonchev–Trinajstić information content (AvgIpc) is 3.44. The van der Waals surface area contributed by atoms with Crippen molar-refractivity contribution in [2.45, 2.75) is 26.3 Å². The van der Waals surface area contributed by atoms with Crippen LogP contribution in [0.5, 0.6) is 5.75 Å². The highest BCUT2D eigenvalue weighted by Gasteiger charge is 2.25. The van der Waals surface area contributed by atoms with Crippen molar-refractivity contribution in [3.05, 3.63) is 40.9 Å². The Balaban J connectivity index is 1.69. The summed E-state index contributed by atoms with van der Waals surface area (Å²) >= 11 is 3.65. The minimum atomic E-state index is 0.565. The van der Waals surface area contributed by atoms with E-state index in [4.69, 9.17) is 9.84 Å². The van der Waals surface area contributed by atoms with Crippen molar-refractivity contribution in [1.82, 2.24) is 24.7 Å². The van der Waals surface area contributed by atoms with Gasteiger partial charge in [-0.05, 0) is 53.7 Å². The fraction of sp³-hybridized carbons (Fsp3) is 0.333. The molecule has 7 nitrogen and oxygen atoms in total. The molecular formula is C18H19BrN6O. The molecule has 0 radical (unpaired) electrons. The van der Waals surface area contributed by atoms with E-state index in [1.807, 2.05) is 23.7 Å². The summed E-state index contributed by atoms with van der Waals surface area (Å²) in [7, 11) is 1.60. The Bertz CT molecular complexity index is 923. The van der Waals surface area contributed by atoms with Gasteiger partial charge in [0.05, 0.1) is 13.3 Å². The van der Waals surface area contributed by atoms with Gasteiger partial charge >= 0.3 is 0 Å². The lowest BCUT2D eigenvalue weighted by Crippen LogP contribution is -2.03. The van der Waals surface area contributed by atoms with E-state index < -0.39 is 0 Å². The molecule has 1 fully saturated rings. The molecule has 0 aromatic carbocycles. The molecule has 3 heterocycles. The zero-order valence-corrected chi connectivity index (χ0v) is 16.2. The monoisotopic (exact) mass is 414 g/mol. The summed E-state index contributed by atoms with van der Waals surface area (Å²) in [6.45, 7) is 2.96. The first kappa shape index (κ1) is 17.0. The Kier molecular flexibility index (Phi) is 4.58. The normalized spacial score (nSPS) is 13.7. The summed E-state index contributed by atoms with van der Waals surface area (Å²) < 4.78 is 8.38. The maximum atomic E-state index is 5.39. The molecule has 134 valence electrons. The second kappa shape index (κ2) is 7.03. The van der Waals surface area contributed by atoms with Gasteiger partial charge in [0.2, 0.25) is 0 Å². The third kappa shape index (κ3) is 3.41. The standard InChI is InChI=1S/C18H19BrN6O/c1-11-15(24-25(16(11)19)10-12-3-4-12)18-21-9-14(26-2)17(23-18)22-13-5-7-20-8-6-13/h5-9,12H,3-4,10H2,1-2H3,(H,20,21,22,23). The van der Waals surface area contributed by atoms with Gasteiger partial charge < -0.3 is 10.1 Å². The predicted molar refractivity (Wildman–Crippen MR) is 102 cm³/mol. The molecule has 3 aromatic heterocycles. The first-order chi connectivity index (χ1) is 12.7. The van der Waals surface area contributed by atoms with E-state index >= 15 is 0 Å². The highest BCUT2D eigenvalue weighted by molar-refractivity contribution is 9.10. The molecular weight excluding hydrogens is 396 g/mol. The van der Waals surface area contributed by atoms with Crippen LogP contribution in [0, 0.1) is 12.8 Å². The summed E-state index contributed by atoms with van der Waals surface area (Å²) in [5, 5.41) is 7.98. The minimum absolute atomic E-state index is 0.565. The van der Waals surface area contributed by atoms with Crippen LogP contribution in [0.4, 0.5) is 11.5 Å². The van der Waals surface area contributed by atoms with E-state index in [2.05, 4.69) is 36.2 Å². The van der Waals surface area contributed by atoms with Gasteiger partial charge in [-0.3, -0.25) is 9.67 Å². The third-order valence-corrected chi connectivity index (χ3v) is 5.37. The quantitative estimate of drug-likeness (QED) is 0.657. The van der Waals surface area contributed by atoms with Crippen LogP contribution in [-0.2, 0) is 6.54 Å². The Morgan fingerprint density at radius 3 is 2.77 bits per heavy atom. The van der Waals surface area contributed by atoms with E-state index in [0.29, 0.717) is 17.4 Å². The molecule has 1 aliphatic carbocycles. The summed E-state index contributed by atoms with van der Waals surface area (Å²) in [5.41, 5.74) is 2.68. The topological polar surface area (TPSA) is 77.8 Å². The molecule has 4 rings (SSSR count). The molecule has 0 amide bonds. The summed E-state index contributed by atoms with van der Waals surface area (Å²) in [5.74, 6) is 2.46. The second-order valence-corrected chi connectivity index (χ2v) is 7.11. The highest BCUT2D eigenvalue weighted by Crippen LogP contribution is 2.34. The maximum Gasteiger partial charge on any atom is 0.182 e. The van der Waals surface area contributed by atoms with Gasteiger partial charge in [0, 0.05) is 30.2 Å². The smallest absolute Gasteiger partial charge is 0.182 e. The number of aromatic nitrogens is 5. The van der Waals surface area contributed by atoms with E-state index in [0.717, 1.165) is 34.0 Å². The van der Waals surface area contributed by atoms with Gasteiger partial charge in [-0.1, -0.05) is 0 Å². The Hall–Kier alpha value is -2.48. The predicted octanol–water partition coefficient (Wildman–Crippen LogP) is 3.97. The zero-order chi connectivity index (χ0) is 18.1. The number of nitrogens with zero attached hydrogens (tertiary/aromatic N) is 5. The van der Waals surface area contributed by atoms with Crippen LogP contribution in [0.1, 0.15) is 18.4 Å². The van der Waals surface area contributed by atoms with Crippen molar-refractivity contribution in [3.63, 3.8) is 0 Å². The number of hydrogen-bond donors (Lipinski definition) is 1. The first-order valence-corrected chi connectivity index (χ1v) is 9.26. The fourth-order valence-electron chi connectivity index (χ4n) is 2.71. The molecule has 1 aliphatic rings. The average molecular weight is 415 g/mol. The molecule has 0 unspecified atom stereocenters. The van der Waals surface area contributed by atoms with Gasteiger partial charge in [-0.15, -0.1) is 0 Å². The highest BCUT2D eigenvalue weighted by atomic mass is 79.9. The number of ether oxygens (including phenoxy) is 1. The van der Waals surface area contributed by atoms with E-state index in [1.165, 1.54) is 12.8 Å². The van der Waals surface area contributed by atoms with Crippen LogP contribution in [0.15, 0.2) is 35.3 Å². The van der Waals surface area contributed by atoms with Crippen molar-refractivity contribution in [2.75, 3.05) is 12.4 Å². The van der Waals surface area contributed by atoms with Gasteiger partial charge in [0.15, 0.2) is 17.4 Å². The van der Waals surface area contributed by atoms with Crippen molar-refractivity contribution >= 4 is 27.4 Å². The van der Waals surface area contributed by atoms with Crippen LogP contribution in [0.3, 0.4) is 0 Å². The van der Waals surface area contributed by atoms with E-state index in [1.54, 1.807) is 25.7 Å². The molecule has 1 N–H and O–H groups in total. The first-order valence-electron chi connectivity index (χ1n) is 8.47. The van der Waals surface area contributed by atoms with Gasteiger partial charge in [-0.25, -0.2) is 9.97 Å². The molecule has 1 saturated carbocycles. The van der Waals surface area contributed by atoms with Gasteiger partial charge in [0.25, 0.3) is 0 Å². The number of pyridine rings is 1. The van der Waals surface area contributed by atoms with Crippen molar-refractivity contribution in [3.8, 4) is 17.3 Å². The molecule has 0 atom stereocenters. The maximum absolute atomic E-state index is 5.39. The molecule has 3 aromatic rings. The van der Waals surface area contributed by atoms with Crippen molar-refractivity contribution in [1.29, 1.82) is 0 Å². The molecule has 0 bridgehead atoms. The van der Waals surface area contributed by atoms with Crippen LogP contribution in [0.25, 0.3) is 11.5 Å². The lowest BCUT2D eigenvalue weighted by Gasteiger charge is -2.10. The molecule has 0 saturated heterocycles. The van der Waals surface area contributed by atoms with Crippen LogP contribution >= 0.6 is 15.9 Å². The minimum Gasteiger partial charge on any atom is -0.491 e. The largest absolute Gasteiger partial charge is 0.491 e. The van der Waals surface area contributed by atoms with Crippen molar-refractivity contribution < 1.29 is 4.74 Å². The summed E-state index contributed by atoms with van der Waals surface area (Å²) in [4.78, 5) is 13.1. The molecule has 0 spiro atoms. The lowest BCUT2D eigenvalue weighted by molar-refractivity contribution is 0.413. The number of rotatable bonds is 6. The molecule has 26 heavy (non-hydrogen) atoms. The third-order valence-electron chi connectivity index (χ3n) is 4.37. The number of halogens is 1. The number of anilines is 2. The van der Waals surface area contributed by atoms with E-state index in [9.17, 15) is 0 Å². The Morgan fingerprint density at radius 2 is 2.08 bits per heavy atom. The van der Waals surface area contributed by atoms with Gasteiger partial charge in [0.1, 0.15) is 10.3 Å². The molecule has 0 aliphatic heterocycles. The SMILES string of the molecule is COc1cnc(-c2nn(CC3CC3)c(Br)c2C)nc1Nc1ccncc1. The second-order valence-electron chi connectivity index (χ2n) is 6.36. The lowest BCUT2D eigenvalue weighted by atomic mass is 10.2. The van der Waals surface area contributed by atoms with Crippen LogP contribution < -0.4 is 10.1 Å². The molecule has 8 heteroatoms. The zero-order valence-electron chi connectivity index (χ0n) is 14.6.